The molecule has 0 radical (unpaired) electrons. The summed E-state index contributed by atoms with van der Waals surface area (Å²) in [5.74, 6) is -1.68. The number of pyridine rings is 1. The third-order valence-electron chi connectivity index (χ3n) is 5.95. The fraction of sp³-hybridized carbons (Fsp3) is 0.333. The molecule has 2 unspecified atom stereocenters. The molecule has 35 heavy (non-hydrogen) atoms. The lowest BCUT2D eigenvalue weighted by Crippen LogP contribution is -2.53. The van der Waals surface area contributed by atoms with Gasteiger partial charge in [-0.15, -0.1) is 11.3 Å². The van der Waals surface area contributed by atoms with Crippen molar-refractivity contribution in [3.8, 4) is 0 Å². The number of aliphatic carboxylic acids is 1. The first-order chi connectivity index (χ1) is 16.8. The number of anilines is 1. The quantitative estimate of drug-likeness (QED) is 0.353. The molecule has 2 amide bonds. The second kappa shape index (κ2) is 10.8. The van der Waals surface area contributed by atoms with E-state index in [1.165, 1.54) is 28.4 Å². The molecule has 0 aliphatic carbocycles. The average molecular weight is 500 g/mol. The molecule has 9 nitrogen and oxygen atoms in total. The summed E-state index contributed by atoms with van der Waals surface area (Å²) >= 11 is 1.51. The molecule has 1 aliphatic rings. The Bertz CT molecular complexity index is 1230. The van der Waals surface area contributed by atoms with Crippen molar-refractivity contribution in [3.63, 3.8) is 0 Å². The number of fused-ring (bicyclic) bond motifs is 1. The van der Waals surface area contributed by atoms with Gasteiger partial charge >= 0.3 is 5.97 Å². The Morgan fingerprint density at radius 1 is 1.26 bits per heavy atom. The number of aromatic nitrogens is 1. The van der Waals surface area contributed by atoms with Crippen LogP contribution in [0.15, 0.2) is 42.6 Å². The fourth-order valence-electron chi connectivity index (χ4n) is 4.23. The van der Waals surface area contributed by atoms with Crippen molar-refractivity contribution in [1.82, 2.24) is 20.5 Å². The molecule has 0 bridgehead atoms. The van der Waals surface area contributed by atoms with E-state index >= 15 is 0 Å². The Hall–Kier alpha value is -3.57. The maximum absolute atomic E-state index is 13.4. The van der Waals surface area contributed by atoms with Gasteiger partial charge in [0.25, 0.3) is 0 Å². The third-order valence-corrected chi connectivity index (χ3v) is 7.05. The first-order valence-electron chi connectivity index (χ1n) is 11.2. The molecule has 3 aromatic rings. The summed E-state index contributed by atoms with van der Waals surface area (Å²) in [4.78, 5) is 44.0. The number of halogens is 1. The summed E-state index contributed by atoms with van der Waals surface area (Å²) in [5, 5.41) is 15.6. The molecule has 3 heterocycles. The molecule has 11 heteroatoms. The van der Waals surface area contributed by atoms with Crippen LogP contribution in [-0.2, 0) is 27.3 Å². The van der Waals surface area contributed by atoms with Crippen molar-refractivity contribution in [2.24, 2.45) is 0 Å². The predicted molar refractivity (Wildman–Crippen MR) is 130 cm³/mol. The minimum atomic E-state index is -1.10. The molecule has 1 fully saturated rings. The standard InChI is InChI=1S/C24H26FN5O4S/c25-15-5-3-14(4-6-15)10-18(28-13-21(31)32)24(34)30-9-1-2-19(30)23(33)29-12-16-11-17-20(35-16)7-8-27-22(17)26/h3-8,11,18-19,28H,1-2,9-10,12-13H2,(H2,26,27)(H,29,33)(H,31,32). The molecule has 1 saturated heterocycles. The lowest BCUT2D eigenvalue weighted by atomic mass is 10.0. The number of amides is 2. The van der Waals surface area contributed by atoms with Gasteiger partial charge < -0.3 is 21.1 Å². The summed E-state index contributed by atoms with van der Waals surface area (Å²) in [6, 6.07) is 7.95. The van der Waals surface area contributed by atoms with Crippen molar-refractivity contribution in [2.45, 2.75) is 37.9 Å². The molecule has 1 aliphatic heterocycles. The third kappa shape index (κ3) is 5.92. The minimum absolute atomic E-state index is 0.175. The molecule has 5 N–H and O–H groups in total. The number of nitrogens with one attached hydrogen (secondary N) is 2. The van der Waals surface area contributed by atoms with Crippen LogP contribution in [0.3, 0.4) is 0 Å². The van der Waals surface area contributed by atoms with Crippen LogP contribution in [0.2, 0.25) is 0 Å². The number of carboxylic acid groups (broad SMARTS) is 1. The number of thiophene rings is 1. The Morgan fingerprint density at radius 2 is 2.03 bits per heavy atom. The number of likely N-dealkylation sites (tertiary alicyclic amines) is 1. The second-order valence-corrected chi connectivity index (χ2v) is 9.55. The smallest absolute Gasteiger partial charge is 0.317 e. The van der Waals surface area contributed by atoms with E-state index in [1.807, 2.05) is 12.1 Å². The van der Waals surface area contributed by atoms with Gasteiger partial charge in [-0.25, -0.2) is 9.37 Å². The average Bonchev–Trinajstić information content (AvgIpc) is 3.49. The van der Waals surface area contributed by atoms with E-state index in [1.54, 1.807) is 18.3 Å². The van der Waals surface area contributed by atoms with Gasteiger partial charge in [0.1, 0.15) is 17.7 Å². The van der Waals surface area contributed by atoms with E-state index in [9.17, 15) is 18.8 Å². The molecule has 0 saturated carbocycles. The highest BCUT2D eigenvalue weighted by Gasteiger charge is 2.37. The minimum Gasteiger partial charge on any atom is -0.480 e. The highest BCUT2D eigenvalue weighted by molar-refractivity contribution is 7.19. The largest absolute Gasteiger partial charge is 0.480 e. The monoisotopic (exact) mass is 499 g/mol. The number of carbonyl (C=O) groups excluding carboxylic acids is 2. The Morgan fingerprint density at radius 3 is 2.74 bits per heavy atom. The van der Waals surface area contributed by atoms with Crippen molar-refractivity contribution >= 4 is 45.0 Å². The number of nitrogen functional groups attached to an aromatic ring is 1. The predicted octanol–water partition coefficient (Wildman–Crippen LogP) is 1.91. The Kier molecular flexibility index (Phi) is 7.57. The lowest BCUT2D eigenvalue weighted by molar-refractivity contribution is -0.141. The summed E-state index contributed by atoms with van der Waals surface area (Å²) < 4.78 is 14.3. The van der Waals surface area contributed by atoms with Crippen LogP contribution in [0.4, 0.5) is 10.2 Å². The van der Waals surface area contributed by atoms with Crippen LogP contribution in [0.1, 0.15) is 23.3 Å². The number of carboxylic acids is 1. The van der Waals surface area contributed by atoms with Crippen molar-refractivity contribution in [1.29, 1.82) is 0 Å². The van der Waals surface area contributed by atoms with E-state index in [0.29, 0.717) is 37.3 Å². The van der Waals surface area contributed by atoms with Crippen molar-refractivity contribution in [3.05, 3.63) is 58.9 Å². The van der Waals surface area contributed by atoms with Crippen LogP contribution >= 0.6 is 11.3 Å². The van der Waals surface area contributed by atoms with Crippen LogP contribution < -0.4 is 16.4 Å². The first kappa shape index (κ1) is 24.6. The maximum Gasteiger partial charge on any atom is 0.317 e. The fourth-order valence-corrected chi connectivity index (χ4v) is 5.24. The van der Waals surface area contributed by atoms with Gasteiger partial charge in [0, 0.05) is 27.7 Å². The molecule has 2 atom stereocenters. The van der Waals surface area contributed by atoms with Gasteiger partial charge in [-0.1, -0.05) is 12.1 Å². The van der Waals surface area contributed by atoms with Gasteiger partial charge in [-0.2, -0.15) is 0 Å². The second-order valence-electron chi connectivity index (χ2n) is 8.39. The molecule has 4 rings (SSSR count). The highest BCUT2D eigenvalue weighted by Crippen LogP contribution is 2.28. The SMILES string of the molecule is Nc1nccc2sc(CNC(=O)C3CCCN3C(=O)C(Cc3ccc(F)cc3)NCC(=O)O)cc12. The Labute approximate surface area is 205 Å². The van der Waals surface area contributed by atoms with Crippen LogP contribution in [0, 0.1) is 5.82 Å². The van der Waals surface area contributed by atoms with E-state index in [4.69, 9.17) is 10.8 Å². The molecule has 0 spiro atoms. The van der Waals surface area contributed by atoms with Crippen LogP contribution in [0.5, 0.6) is 0 Å². The molecule has 1 aromatic carbocycles. The number of rotatable bonds is 9. The zero-order valence-electron chi connectivity index (χ0n) is 18.9. The number of carbonyl (C=O) groups is 3. The van der Waals surface area contributed by atoms with Gasteiger partial charge in [-0.3, -0.25) is 19.7 Å². The summed E-state index contributed by atoms with van der Waals surface area (Å²) in [5.41, 5.74) is 6.60. The molecule has 184 valence electrons. The van der Waals surface area contributed by atoms with Crippen molar-refractivity contribution in [2.75, 3.05) is 18.8 Å². The number of benzene rings is 1. The van der Waals surface area contributed by atoms with E-state index in [2.05, 4.69) is 15.6 Å². The zero-order chi connectivity index (χ0) is 24.9. The highest BCUT2D eigenvalue weighted by atomic mass is 32.1. The maximum atomic E-state index is 13.4. The van der Waals surface area contributed by atoms with Gasteiger partial charge in [-0.05, 0) is 49.1 Å². The topological polar surface area (TPSA) is 138 Å². The van der Waals surface area contributed by atoms with E-state index < -0.39 is 30.4 Å². The summed E-state index contributed by atoms with van der Waals surface area (Å²) in [6.45, 7) is 0.287. The first-order valence-corrected chi connectivity index (χ1v) is 12.0. The molecule has 2 aromatic heterocycles. The van der Waals surface area contributed by atoms with Gasteiger partial charge in [0.15, 0.2) is 0 Å². The number of nitrogens with two attached hydrogens (primary N) is 1. The zero-order valence-corrected chi connectivity index (χ0v) is 19.7. The molecular formula is C24H26FN5O4S. The van der Waals surface area contributed by atoms with E-state index in [0.717, 1.165) is 15.0 Å². The number of hydrogen-bond acceptors (Lipinski definition) is 7. The molecular weight excluding hydrogens is 473 g/mol. The number of nitrogens with zero attached hydrogens (tertiary/aromatic N) is 2. The summed E-state index contributed by atoms with van der Waals surface area (Å²) in [7, 11) is 0. The van der Waals surface area contributed by atoms with Crippen LogP contribution in [-0.4, -0.2) is 57.9 Å². The normalized spacial score (nSPS) is 16.4. The van der Waals surface area contributed by atoms with Gasteiger partial charge in [0.2, 0.25) is 11.8 Å². The van der Waals surface area contributed by atoms with E-state index in [-0.39, 0.29) is 18.2 Å². The summed E-state index contributed by atoms with van der Waals surface area (Å²) in [6.07, 6.45) is 2.99. The Balaban J connectivity index is 1.43. The number of hydrogen-bond donors (Lipinski definition) is 4. The van der Waals surface area contributed by atoms with Crippen LogP contribution in [0.25, 0.3) is 10.1 Å². The lowest BCUT2D eigenvalue weighted by Gasteiger charge is -2.28. The van der Waals surface area contributed by atoms with Gasteiger partial charge in [0.05, 0.1) is 19.1 Å². The van der Waals surface area contributed by atoms with Crippen molar-refractivity contribution < 1.29 is 23.9 Å².